The molecule has 3 saturated heterocycles. The maximum absolute atomic E-state index is 14.0. The Balaban J connectivity index is 1.47. The first kappa shape index (κ1) is 33.5. The number of fused-ring (bicyclic) bond motifs is 4. The lowest BCUT2D eigenvalue weighted by Crippen LogP contribution is -2.69. The molecule has 11 nitrogen and oxygen atoms in total. The second-order valence-electron chi connectivity index (χ2n) is 13.0. The van der Waals surface area contributed by atoms with Crippen LogP contribution in [-0.2, 0) is 40.0 Å². The Kier molecular flexibility index (Phi) is 10.7. The molecule has 11 heteroatoms. The fourth-order valence-corrected chi connectivity index (χ4v) is 7.32. The molecule has 5 rings (SSSR count). The predicted molar refractivity (Wildman–Crippen MR) is 166 cm³/mol. The van der Waals surface area contributed by atoms with Gasteiger partial charge in [0.1, 0.15) is 29.8 Å². The monoisotopic (exact) mass is 627 g/mol. The lowest BCUT2D eigenvalue weighted by Gasteiger charge is -2.48. The van der Waals surface area contributed by atoms with Gasteiger partial charge in [0.2, 0.25) is 11.8 Å². The van der Waals surface area contributed by atoms with Crippen molar-refractivity contribution in [3.05, 3.63) is 41.5 Å². The highest BCUT2D eigenvalue weighted by molar-refractivity contribution is 5.93. The van der Waals surface area contributed by atoms with Crippen molar-refractivity contribution in [1.82, 2.24) is 15.3 Å². The summed E-state index contributed by atoms with van der Waals surface area (Å²) in [6.07, 6.45) is 8.45. The average molecular weight is 628 g/mol. The highest BCUT2D eigenvalue weighted by Gasteiger charge is 2.76. The van der Waals surface area contributed by atoms with Crippen molar-refractivity contribution < 1.29 is 38.5 Å². The number of carbonyl (C=O) groups excluding carboxylic acids is 3. The number of carbonyl (C=O) groups is 3. The van der Waals surface area contributed by atoms with Gasteiger partial charge in [-0.1, -0.05) is 63.8 Å². The fraction of sp³-hybridized carbons (Fsp3) is 0.676. The van der Waals surface area contributed by atoms with Crippen molar-refractivity contribution >= 4 is 23.9 Å². The van der Waals surface area contributed by atoms with Crippen molar-refractivity contribution in [2.45, 2.75) is 114 Å². The highest BCUT2D eigenvalue weighted by Crippen LogP contribution is 2.58. The molecule has 4 fully saturated rings. The van der Waals surface area contributed by atoms with Crippen LogP contribution < -0.4 is 5.32 Å². The average Bonchev–Trinajstić information content (AvgIpc) is 3.57. The second kappa shape index (κ2) is 14.3. The zero-order valence-electron chi connectivity index (χ0n) is 27.0. The van der Waals surface area contributed by atoms with Gasteiger partial charge in [0, 0.05) is 46.0 Å². The number of hydrogen-bond donors (Lipinski definition) is 2. The summed E-state index contributed by atoms with van der Waals surface area (Å²) < 4.78 is 19.7. The number of aliphatic hydroxyl groups excluding tert-OH is 1. The summed E-state index contributed by atoms with van der Waals surface area (Å²) in [7, 11) is 3.38. The molecule has 3 heterocycles. The van der Waals surface area contributed by atoms with Gasteiger partial charge in [-0.05, 0) is 30.0 Å². The third-order valence-electron chi connectivity index (χ3n) is 9.54. The van der Waals surface area contributed by atoms with E-state index < -0.39 is 47.6 Å². The van der Waals surface area contributed by atoms with Gasteiger partial charge < -0.3 is 29.5 Å². The lowest BCUT2D eigenvalue weighted by molar-refractivity contribution is -0.224. The number of hydrogen-bond acceptors (Lipinski definition) is 9. The predicted octanol–water partition coefficient (Wildman–Crippen LogP) is 3.34. The van der Waals surface area contributed by atoms with E-state index in [1.54, 1.807) is 25.2 Å². The fourth-order valence-electron chi connectivity index (χ4n) is 7.32. The number of likely N-dealkylation sites (N-methyl/N-ethyl adjacent to an activating group) is 1. The van der Waals surface area contributed by atoms with Crippen LogP contribution in [0.5, 0.6) is 0 Å². The van der Waals surface area contributed by atoms with E-state index in [0.29, 0.717) is 0 Å². The number of nitrogens with zero attached hydrogens (tertiary/aromatic N) is 2. The number of amides is 2. The van der Waals surface area contributed by atoms with E-state index in [0.717, 1.165) is 62.5 Å². The standard InChI is InChI=1S/C34H49N3O8/c1-5-7-9-16-33(17-10-8-6-2)43-27-25-21-34(32(41)35-18-19-38)29(31(40)42-25)37(45-30(34)28(27)44-33)22-24-13-11-12-23(20-24)14-15-26(39)36(3)4/h11-15,20,25,27-30,38H,5-10,16-19,21-22H2,1-4H3,(H,35,41). The molecular formula is C34H49N3O8. The minimum Gasteiger partial charge on any atom is -0.458 e. The van der Waals surface area contributed by atoms with Crippen LogP contribution in [0.4, 0.5) is 0 Å². The lowest BCUT2D eigenvalue weighted by atomic mass is 9.62. The number of esters is 1. The van der Waals surface area contributed by atoms with E-state index in [-0.39, 0.29) is 37.9 Å². The number of nitrogens with one attached hydrogen (secondary N) is 1. The zero-order chi connectivity index (χ0) is 32.2. The van der Waals surface area contributed by atoms with Crippen LogP contribution in [0.3, 0.4) is 0 Å². The van der Waals surface area contributed by atoms with Crippen LogP contribution in [0.1, 0.15) is 82.8 Å². The molecule has 0 radical (unpaired) electrons. The molecule has 2 N–H and O–H groups in total. The molecule has 2 amide bonds. The molecule has 3 aliphatic heterocycles. The molecule has 1 aromatic rings. The normalized spacial score (nSPS) is 29.9. The maximum Gasteiger partial charge on any atom is 0.327 e. The van der Waals surface area contributed by atoms with Gasteiger partial charge in [-0.15, -0.1) is 0 Å². The summed E-state index contributed by atoms with van der Waals surface area (Å²) in [5, 5.41) is 13.9. The number of unbranched alkanes of at least 4 members (excludes halogenated alkanes) is 4. The second-order valence-corrected chi connectivity index (χ2v) is 13.0. The van der Waals surface area contributed by atoms with E-state index in [1.165, 1.54) is 11.0 Å². The summed E-state index contributed by atoms with van der Waals surface area (Å²) >= 11 is 0. The molecular weight excluding hydrogens is 578 g/mol. The van der Waals surface area contributed by atoms with Crippen molar-refractivity contribution in [1.29, 1.82) is 0 Å². The molecule has 6 unspecified atom stereocenters. The summed E-state index contributed by atoms with van der Waals surface area (Å²) in [4.78, 5) is 48.1. The molecule has 1 saturated carbocycles. The number of benzene rings is 1. The number of aliphatic hydroxyl groups is 1. The van der Waals surface area contributed by atoms with E-state index in [9.17, 15) is 19.5 Å². The molecule has 4 aliphatic rings. The van der Waals surface area contributed by atoms with Crippen LogP contribution in [0, 0.1) is 5.41 Å². The number of hydroxylamine groups is 2. The van der Waals surface area contributed by atoms with E-state index in [1.807, 2.05) is 24.3 Å². The SMILES string of the molecule is CCCCCC1(CCCCC)OC2C3CC4(C(=O)NCCO)C(ON(Cc5cccc(C=CC(=O)N(C)C)c5)C4C(=O)O3)C2O1. The van der Waals surface area contributed by atoms with Crippen LogP contribution in [-0.4, -0.2) is 96.3 Å². The molecule has 248 valence electrons. The Bertz CT molecular complexity index is 1240. The third kappa shape index (κ3) is 6.69. The van der Waals surface area contributed by atoms with Crippen molar-refractivity contribution in [2.24, 2.45) is 5.41 Å². The van der Waals surface area contributed by atoms with E-state index in [2.05, 4.69) is 19.2 Å². The van der Waals surface area contributed by atoms with Gasteiger partial charge >= 0.3 is 5.97 Å². The van der Waals surface area contributed by atoms with Gasteiger partial charge in [0.05, 0.1) is 13.2 Å². The third-order valence-corrected chi connectivity index (χ3v) is 9.54. The van der Waals surface area contributed by atoms with Gasteiger partial charge in [-0.2, -0.15) is 5.06 Å². The molecule has 6 atom stereocenters. The first-order valence-corrected chi connectivity index (χ1v) is 16.5. The van der Waals surface area contributed by atoms with Crippen LogP contribution in [0.15, 0.2) is 30.3 Å². The van der Waals surface area contributed by atoms with Crippen molar-refractivity contribution in [3.8, 4) is 0 Å². The Hall–Kier alpha value is -2.83. The zero-order valence-corrected chi connectivity index (χ0v) is 27.0. The van der Waals surface area contributed by atoms with Crippen molar-refractivity contribution in [3.63, 3.8) is 0 Å². The van der Waals surface area contributed by atoms with Gasteiger partial charge in [0.25, 0.3) is 0 Å². The van der Waals surface area contributed by atoms with Crippen molar-refractivity contribution in [2.75, 3.05) is 27.2 Å². The Morgan fingerprint density at radius 3 is 2.47 bits per heavy atom. The number of rotatable bonds is 15. The van der Waals surface area contributed by atoms with Gasteiger partial charge in [-0.3, -0.25) is 19.2 Å². The topological polar surface area (TPSA) is 127 Å². The Morgan fingerprint density at radius 1 is 1.09 bits per heavy atom. The van der Waals surface area contributed by atoms with E-state index in [4.69, 9.17) is 19.0 Å². The van der Waals surface area contributed by atoms with E-state index >= 15 is 0 Å². The van der Waals surface area contributed by atoms with Crippen LogP contribution in [0.25, 0.3) is 6.08 Å². The molecule has 2 bridgehead atoms. The first-order chi connectivity index (χ1) is 21.7. The summed E-state index contributed by atoms with van der Waals surface area (Å²) in [6, 6.07) is 6.59. The smallest absolute Gasteiger partial charge is 0.327 e. The quantitative estimate of drug-likeness (QED) is 0.171. The Labute approximate surface area is 266 Å². The summed E-state index contributed by atoms with van der Waals surface area (Å²) in [6.45, 7) is 4.36. The van der Waals surface area contributed by atoms with Gasteiger partial charge in [-0.25, -0.2) is 0 Å². The van der Waals surface area contributed by atoms with Crippen LogP contribution >= 0.6 is 0 Å². The molecule has 1 aromatic carbocycles. The van der Waals surface area contributed by atoms with Gasteiger partial charge in [0.15, 0.2) is 11.8 Å². The summed E-state index contributed by atoms with van der Waals surface area (Å²) in [5.41, 5.74) is 0.373. The van der Waals surface area contributed by atoms with Crippen LogP contribution in [0.2, 0.25) is 0 Å². The Morgan fingerprint density at radius 2 is 1.80 bits per heavy atom. The molecule has 1 aliphatic carbocycles. The maximum atomic E-state index is 14.0. The minimum absolute atomic E-state index is 0.0587. The minimum atomic E-state index is -1.28. The molecule has 45 heavy (non-hydrogen) atoms. The molecule has 0 aromatic heterocycles. The number of ether oxygens (including phenoxy) is 3. The highest BCUT2D eigenvalue weighted by atomic mass is 16.8. The summed E-state index contributed by atoms with van der Waals surface area (Å²) in [5.74, 6) is -1.84. The molecule has 0 spiro atoms. The first-order valence-electron chi connectivity index (χ1n) is 16.5. The largest absolute Gasteiger partial charge is 0.458 e.